The third kappa shape index (κ3) is 2.05. The van der Waals surface area contributed by atoms with E-state index >= 15 is 0 Å². The van der Waals surface area contributed by atoms with E-state index in [4.69, 9.17) is 5.73 Å². The zero-order valence-electron chi connectivity index (χ0n) is 9.34. The Bertz CT molecular complexity index is 152. The summed E-state index contributed by atoms with van der Waals surface area (Å²) in [7, 11) is 0. The zero-order valence-corrected chi connectivity index (χ0v) is 9.34. The molecule has 1 aliphatic heterocycles. The molecule has 0 saturated carbocycles. The molecule has 1 rings (SSSR count). The van der Waals surface area contributed by atoms with E-state index in [9.17, 15) is 0 Å². The maximum Gasteiger partial charge on any atom is 0.0329 e. The van der Waals surface area contributed by atoms with E-state index in [1.807, 2.05) is 0 Å². The molecule has 1 aliphatic rings. The number of likely N-dealkylation sites (tertiary alicyclic amines) is 1. The molecule has 0 radical (unpaired) electrons. The van der Waals surface area contributed by atoms with Gasteiger partial charge in [0.2, 0.25) is 0 Å². The Morgan fingerprint density at radius 2 is 1.85 bits per heavy atom. The topological polar surface area (TPSA) is 29.3 Å². The van der Waals surface area contributed by atoms with E-state index in [0.29, 0.717) is 6.04 Å². The molecule has 2 heteroatoms. The van der Waals surface area contributed by atoms with Crippen LogP contribution in [0.4, 0.5) is 0 Å². The minimum atomic E-state index is 0.241. The highest BCUT2D eigenvalue weighted by atomic mass is 15.2. The van der Waals surface area contributed by atoms with Gasteiger partial charge in [-0.05, 0) is 45.7 Å². The minimum absolute atomic E-state index is 0.241. The molecular formula is C11H24N2. The van der Waals surface area contributed by atoms with Gasteiger partial charge in [0.15, 0.2) is 0 Å². The van der Waals surface area contributed by atoms with Crippen molar-refractivity contribution in [1.29, 1.82) is 0 Å². The monoisotopic (exact) mass is 184 g/mol. The normalized spacial score (nSPS) is 25.8. The lowest BCUT2D eigenvalue weighted by molar-refractivity contribution is 0.0984. The molecule has 0 amide bonds. The summed E-state index contributed by atoms with van der Waals surface area (Å²) in [5.41, 5.74) is 6.44. The van der Waals surface area contributed by atoms with Crippen LogP contribution >= 0.6 is 0 Å². The summed E-state index contributed by atoms with van der Waals surface area (Å²) in [4.78, 5) is 2.58. The summed E-state index contributed by atoms with van der Waals surface area (Å²) >= 11 is 0. The number of rotatable bonds is 4. The molecule has 0 aliphatic carbocycles. The quantitative estimate of drug-likeness (QED) is 0.724. The second-order valence-corrected chi connectivity index (χ2v) is 4.42. The lowest BCUT2D eigenvalue weighted by Gasteiger charge is -2.42. The summed E-state index contributed by atoms with van der Waals surface area (Å²) in [6, 6.07) is 0.329. The van der Waals surface area contributed by atoms with E-state index < -0.39 is 0 Å². The highest BCUT2D eigenvalue weighted by Gasteiger charge is 2.36. The number of hydrogen-bond acceptors (Lipinski definition) is 2. The number of hydrogen-bond donors (Lipinski definition) is 1. The maximum absolute atomic E-state index is 6.20. The predicted molar refractivity (Wildman–Crippen MR) is 57.8 cm³/mol. The van der Waals surface area contributed by atoms with Gasteiger partial charge < -0.3 is 5.73 Å². The molecule has 0 aromatic rings. The summed E-state index contributed by atoms with van der Waals surface area (Å²) in [6.07, 6.45) is 4.96. The lowest BCUT2D eigenvalue weighted by atomic mass is 9.86. The van der Waals surface area contributed by atoms with Gasteiger partial charge in [0, 0.05) is 11.6 Å². The van der Waals surface area contributed by atoms with Crippen LogP contribution in [0.3, 0.4) is 0 Å². The lowest BCUT2D eigenvalue weighted by Crippen LogP contribution is -2.56. The molecular weight excluding hydrogens is 160 g/mol. The molecule has 1 fully saturated rings. The van der Waals surface area contributed by atoms with Crippen molar-refractivity contribution in [1.82, 2.24) is 4.90 Å². The molecule has 78 valence electrons. The third-order valence-corrected chi connectivity index (χ3v) is 3.78. The van der Waals surface area contributed by atoms with Crippen molar-refractivity contribution in [3.05, 3.63) is 0 Å². The van der Waals surface area contributed by atoms with Gasteiger partial charge in [-0.3, -0.25) is 4.90 Å². The van der Waals surface area contributed by atoms with Crippen molar-refractivity contribution < 1.29 is 0 Å². The molecule has 2 nitrogen and oxygen atoms in total. The summed E-state index contributed by atoms with van der Waals surface area (Å²) < 4.78 is 0. The first-order valence-electron chi connectivity index (χ1n) is 5.65. The van der Waals surface area contributed by atoms with Crippen LogP contribution in [0.1, 0.15) is 46.5 Å². The molecule has 2 N–H and O–H groups in total. The molecule has 2 atom stereocenters. The molecule has 0 aromatic carbocycles. The van der Waals surface area contributed by atoms with E-state index in [1.54, 1.807) is 0 Å². The summed E-state index contributed by atoms with van der Waals surface area (Å²) in [5, 5.41) is 0. The van der Waals surface area contributed by atoms with E-state index in [0.717, 1.165) is 6.42 Å². The van der Waals surface area contributed by atoms with Crippen molar-refractivity contribution in [2.45, 2.75) is 58.0 Å². The third-order valence-electron chi connectivity index (χ3n) is 3.78. The first-order chi connectivity index (χ1) is 6.15. The molecule has 0 aromatic heterocycles. The molecule has 0 spiro atoms. The highest BCUT2D eigenvalue weighted by Crippen LogP contribution is 2.28. The Hall–Kier alpha value is -0.0800. The van der Waals surface area contributed by atoms with Crippen LogP contribution < -0.4 is 5.73 Å². The van der Waals surface area contributed by atoms with Gasteiger partial charge in [-0.1, -0.05) is 13.8 Å². The van der Waals surface area contributed by atoms with Gasteiger partial charge >= 0.3 is 0 Å². The van der Waals surface area contributed by atoms with Gasteiger partial charge in [-0.2, -0.15) is 0 Å². The minimum Gasteiger partial charge on any atom is -0.326 e. The molecule has 2 unspecified atom stereocenters. The van der Waals surface area contributed by atoms with Crippen LogP contribution in [0.2, 0.25) is 0 Å². The maximum atomic E-state index is 6.20. The molecule has 1 heterocycles. The Morgan fingerprint density at radius 3 is 2.23 bits per heavy atom. The van der Waals surface area contributed by atoms with Gasteiger partial charge in [0.05, 0.1) is 0 Å². The number of nitrogens with two attached hydrogens (primary N) is 1. The van der Waals surface area contributed by atoms with Crippen LogP contribution in [0.25, 0.3) is 0 Å². The van der Waals surface area contributed by atoms with E-state index in [2.05, 4.69) is 25.7 Å². The van der Waals surface area contributed by atoms with Crippen molar-refractivity contribution in [2.24, 2.45) is 5.73 Å². The fourth-order valence-electron chi connectivity index (χ4n) is 2.39. The molecule has 1 saturated heterocycles. The second kappa shape index (κ2) is 4.43. The Balaban J connectivity index is 2.66. The van der Waals surface area contributed by atoms with Crippen molar-refractivity contribution in [2.75, 3.05) is 13.1 Å². The van der Waals surface area contributed by atoms with Gasteiger partial charge in [-0.15, -0.1) is 0 Å². The summed E-state index contributed by atoms with van der Waals surface area (Å²) in [5.74, 6) is 0. The van der Waals surface area contributed by atoms with Gasteiger partial charge in [0.25, 0.3) is 0 Å². The van der Waals surface area contributed by atoms with Crippen LogP contribution in [0.15, 0.2) is 0 Å². The second-order valence-electron chi connectivity index (χ2n) is 4.42. The number of nitrogens with zero attached hydrogens (tertiary/aromatic N) is 1. The van der Waals surface area contributed by atoms with Gasteiger partial charge in [0.1, 0.15) is 0 Å². The average molecular weight is 184 g/mol. The van der Waals surface area contributed by atoms with Crippen LogP contribution in [-0.4, -0.2) is 29.6 Å². The van der Waals surface area contributed by atoms with Gasteiger partial charge in [-0.25, -0.2) is 0 Å². The fraction of sp³-hybridized carbons (Fsp3) is 1.00. The largest absolute Gasteiger partial charge is 0.326 e. The standard InChI is InChI=1S/C11H24N2/c1-4-10(12)11(3,5-2)13-8-6-7-9-13/h10H,4-9,12H2,1-3H3. The SMILES string of the molecule is CCC(N)C(C)(CC)N1CCCC1. The van der Waals surface area contributed by atoms with Crippen molar-refractivity contribution in [3.8, 4) is 0 Å². The predicted octanol–water partition coefficient (Wildman–Crippen LogP) is 1.99. The Labute approximate surface area is 82.5 Å². The first kappa shape index (κ1) is 11.0. The van der Waals surface area contributed by atoms with Crippen LogP contribution in [0.5, 0.6) is 0 Å². The first-order valence-corrected chi connectivity index (χ1v) is 5.65. The summed E-state index contributed by atoms with van der Waals surface area (Å²) in [6.45, 7) is 9.27. The van der Waals surface area contributed by atoms with E-state index in [-0.39, 0.29) is 5.54 Å². The molecule has 0 bridgehead atoms. The van der Waals surface area contributed by atoms with Crippen molar-refractivity contribution in [3.63, 3.8) is 0 Å². The Kier molecular flexibility index (Phi) is 3.74. The average Bonchev–Trinajstić information content (AvgIpc) is 2.68. The smallest absolute Gasteiger partial charge is 0.0329 e. The zero-order chi connectivity index (χ0) is 9.90. The highest BCUT2D eigenvalue weighted by molar-refractivity contribution is 4.95. The fourth-order valence-corrected chi connectivity index (χ4v) is 2.39. The van der Waals surface area contributed by atoms with Crippen LogP contribution in [0, 0.1) is 0 Å². The molecule has 13 heavy (non-hydrogen) atoms. The Morgan fingerprint density at radius 1 is 1.31 bits per heavy atom. The van der Waals surface area contributed by atoms with Crippen molar-refractivity contribution >= 4 is 0 Å². The van der Waals surface area contributed by atoms with Crippen LogP contribution in [-0.2, 0) is 0 Å². The van der Waals surface area contributed by atoms with E-state index in [1.165, 1.54) is 32.4 Å².